The van der Waals surface area contributed by atoms with Crippen LogP contribution in [-0.2, 0) is 4.79 Å². The first-order valence-electron chi connectivity index (χ1n) is 5.67. The average Bonchev–Trinajstić information content (AvgIpc) is 2.91. The molecule has 2 rings (SSSR count). The number of anilines is 1. The summed E-state index contributed by atoms with van der Waals surface area (Å²) in [5.74, 6) is 0.422. The fourth-order valence-electron chi connectivity index (χ4n) is 1.52. The lowest BCUT2D eigenvalue weighted by Crippen LogP contribution is -2.14. The number of hydrogen-bond donors (Lipinski definition) is 2. The lowest BCUT2D eigenvalue weighted by molar-refractivity contribution is -0.116. The van der Waals surface area contributed by atoms with Crippen LogP contribution in [0.15, 0.2) is 36.8 Å². The fraction of sp³-hybridized carbons (Fsp3) is 0.250. The maximum Gasteiger partial charge on any atom is 0.224 e. The van der Waals surface area contributed by atoms with E-state index in [1.54, 1.807) is 41.5 Å². The van der Waals surface area contributed by atoms with Crippen LogP contribution in [0.4, 0.5) is 5.69 Å². The molecule has 0 aliphatic carbocycles. The summed E-state index contributed by atoms with van der Waals surface area (Å²) in [6.45, 7) is 0.00642. The lowest BCUT2D eigenvalue weighted by Gasteiger charge is -2.09. The van der Waals surface area contributed by atoms with Gasteiger partial charge < -0.3 is 10.4 Å². The van der Waals surface area contributed by atoms with Gasteiger partial charge in [-0.25, -0.2) is 9.67 Å². The van der Waals surface area contributed by atoms with E-state index < -0.39 is 0 Å². The molecule has 2 aromatic heterocycles. The van der Waals surface area contributed by atoms with E-state index >= 15 is 0 Å². The van der Waals surface area contributed by atoms with Crippen LogP contribution >= 0.6 is 0 Å². The Labute approximate surface area is 104 Å². The first kappa shape index (κ1) is 12.3. The summed E-state index contributed by atoms with van der Waals surface area (Å²) < 4.78 is 1.58. The third-order valence-corrected chi connectivity index (χ3v) is 2.34. The monoisotopic (exact) mass is 246 g/mol. The molecule has 2 N–H and O–H groups in total. The molecule has 0 aliphatic heterocycles. The molecular formula is C12H14N4O2. The van der Waals surface area contributed by atoms with Crippen molar-refractivity contribution in [2.45, 2.75) is 12.8 Å². The van der Waals surface area contributed by atoms with E-state index in [0.29, 0.717) is 17.9 Å². The maximum absolute atomic E-state index is 11.6. The summed E-state index contributed by atoms with van der Waals surface area (Å²) in [6, 6.07) is 5.29. The van der Waals surface area contributed by atoms with Gasteiger partial charge in [0, 0.05) is 31.6 Å². The van der Waals surface area contributed by atoms with Crippen molar-refractivity contribution < 1.29 is 9.90 Å². The van der Waals surface area contributed by atoms with Crippen molar-refractivity contribution in [1.82, 2.24) is 14.8 Å². The van der Waals surface area contributed by atoms with Gasteiger partial charge in [-0.2, -0.15) is 5.10 Å². The maximum atomic E-state index is 11.6. The highest BCUT2D eigenvalue weighted by Crippen LogP contribution is 2.16. The zero-order chi connectivity index (χ0) is 12.8. The lowest BCUT2D eigenvalue weighted by atomic mass is 10.3. The van der Waals surface area contributed by atoms with Gasteiger partial charge in [0.2, 0.25) is 5.91 Å². The molecule has 0 radical (unpaired) electrons. The number of nitrogens with zero attached hydrogens (tertiary/aromatic N) is 3. The minimum absolute atomic E-state index is 0.00642. The van der Waals surface area contributed by atoms with E-state index in [0.717, 1.165) is 0 Å². The summed E-state index contributed by atoms with van der Waals surface area (Å²) in [7, 11) is 0. The van der Waals surface area contributed by atoms with Gasteiger partial charge in [0.15, 0.2) is 5.82 Å². The summed E-state index contributed by atoms with van der Waals surface area (Å²) in [6.07, 6.45) is 5.77. The molecule has 2 aromatic rings. The van der Waals surface area contributed by atoms with Crippen LogP contribution in [0.25, 0.3) is 5.82 Å². The minimum Gasteiger partial charge on any atom is -0.396 e. The molecule has 94 valence electrons. The Kier molecular flexibility index (Phi) is 4.03. The Morgan fingerprint density at radius 1 is 1.39 bits per heavy atom. The summed E-state index contributed by atoms with van der Waals surface area (Å²) in [5.41, 5.74) is 0.601. The van der Waals surface area contributed by atoms with Gasteiger partial charge in [0.05, 0.1) is 5.69 Å². The van der Waals surface area contributed by atoms with E-state index in [-0.39, 0.29) is 18.9 Å². The van der Waals surface area contributed by atoms with Crippen LogP contribution in [-0.4, -0.2) is 32.4 Å². The van der Waals surface area contributed by atoms with Crippen LogP contribution in [0.5, 0.6) is 0 Å². The molecular weight excluding hydrogens is 232 g/mol. The molecule has 0 saturated carbocycles. The van der Waals surface area contributed by atoms with Gasteiger partial charge >= 0.3 is 0 Å². The van der Waals surface area contributed by atoms with Crippen LogP contribution < -0.4 is 5.32 Å². The SMILES string of the molecule is O=C(CCCO)Nc1cccnc1-n1cccn1. The highest BCUT2D eigenvalue weighted by atomic mass is 16.3. The summed E-state index contributed by atoms with van der Waals surface area (Å²) >= 11 is 0. The van der Waals surface area contributed by atoms with Crippen molar-refractivity contribution in [3.63, 3.8) is 0 Å². The molecule has 18 heavy (non-hydrogen) atoms. The number of carbonyl (C=O) groups excluding carboxylic acids is 1. The molecule has 6 heteroatoms. The van der Waals surface area contributed by atoms with E-state index in [1.165, 1.54) is 0 Å². The van der Waals surface area contributed by atoms with Crippen LogP contribution in [0.2, 0.25) is 0 Å². The van der Waals surface area contributed by atoms with Crippen molar-refractivity contribution in [2.24, 2.45) is 0 Å². The zero-order valence-electron chi connectivity index (χ0n) is 9.78. The summed E-state index contributed by atoms with van der Waals surface area (Å²) in [5, 5.41) is 15.5. The van der Waals surface area contributed by atoms with E-state index in [4.69, 9.17) is 5.11 Å². The molecule has 2 heterocycles. The number of aliphatic hydroxyl groups is 1. The topological polar surface area (TPSA) is 80.0 Å². The molecule has 0 saturated heterocycles. The van der Waals surface area contributed by atoms with E-state index in [2.05, 4.69) is 15.4 Å². The molecule has 0 fully saturated rings. The van der Waals surface area contributed by atoms with Gasteiger partial charge in [-0.15, -0.1) is 0 Å². The van der Waals surface area contributed by atoms with Gasteiger partial charge in [0.25, 0.3) is 0 Å². The molecule has 6 nitrogen and oxygen atoms in total. The molecule has 0 unspecified atom stereocenters. The molecule has 1 amide bonds. The van der Waals surface area contributed by atoms with Crippen molar-refractivity contribution in [3.05, 3.63) is 36.8 Å². The fourth-order valence-corrected chi connectivity index (χ4v) is 1.52. The Balaban J connectivity index is 2.16. The molecule has 0 aliphatic rings. The van der Waals surface area contributed by atoms with Crippen LogP contribution in [0.3, 0.4) is 0 Å². The zero-order valence-corrected chi connectivity index (χ0v) is 9.78. The molecule has 0 spiro atoms. The number of aliphatic hydroxyl groups excluding tert-OH is 1. The number of rotatable bonds is 5. The van der Waals surface area contributed by atoms with Crippen molar-refractivity contribution in [2.75, 3.05) is 11.9 Å². The number of carbonyl (C=O) groups is 1. The third kappa shape index (κ3) is 2.92. The highest BCUT2D eigenvalue weighted by molar-refractivity contribution is 5.92. The van der Waals surface area contributed by atoms with Gasteiger partial charge in [-0.1, -0.05) is 0 Å². The first-order valence-corrected chi connectivity index (χ1v) is 5.67. The number of pyridine rings is 1. The van der Waals surface area contributed by atoms with Gasteiger partial charge in [-0.3, -0.25) is 4.79 Å². The molecule has 0 atom stereocenters. The molecule has 0 aromatic carbocycles. The Bertz CT molecular complexity index is 511. The van der Waals surface area contributed by atoms with E-state index in [1.807, 2.05) is 0 Å². The second-order valence-electron chi connectivity index (χ2n) is 3.70. The second kappa shape index (κ2) is 5.92. The minimum atomic E-state index is -0.148. The number of hydrogen-bond acceptors (Lipinski definition) is 4. The quantitative estimate of drug-likeness (QED) is 0.824. The summed E-state index contributed by atoms with van der Waals surface area (Å²) in [4.78, 5) is 15.8. The highest BCUT2D eigenvalue weighted by Gasteiger charge is 2.08. The standard InChI is InChI=1S/C12H14N4O2/c17-9-2-5-11(18)15-10-4-1-6-13-12(10)16-8-3-7-14-16/h1,3-4,6-8,17H,2,5,9H2,(H,15,18). The Hall–Kier alpha value is -2.21. The third-order valence-electron chi connectivity index (χ3n) is 2.34. The average molecular weight is 246 g/mol. The van der Waals surface area contributed by atoms with Crippen LogP contribution in [0, 0.1) is 0 Å². The number of nitrogens with one attached hydrogen (secondary N) is 1. The molecule has 0 bridgehead atoms. The Morgan fingerprint density at radius 3 is 3.00 bits per heavy atom. The normalized spacial score (nSPS) is 10.3. The smallest absolute Gasteiger partial charge is 0.224 e. The van der Waals surface area contributed by atoms with Gasteiger partial charge in [0.1, 0.15) is 0 Å². The van der Waals surface area contributed by atoms with Crippen molar-refractivity contribution >= 4 is 11.6 Å². The van der Waals surface area contributed by atoms with Gasteiger partial charge in [-0.05, 0) is 24.6 Å². The van der Waals surface area contributed by atoms with Crippen LogP contribution in [0.1, 0.15) is 12.8 Å². The van der Waals surface area contributed by atoms with Crippen molar-refractivity contribution in [3.8, 4) is 5.82 Å². The number of aromatic nitrogens is 3. The predicted molar refractivity (Wildman–Crippen MR) is 66.3 cm³/mol. The second-order valence-corrected chi connectivity index (χ2v) is 3.70. The first-order chi connectivity index (χ1) is 8.81. The van der Waals surface area contributed by atoms with Crippen molar-refractivity contribution in [1.29, 1.82) is 0 Å². The number of amides is 1. The predicted octanol–water partition coefficient (Wildman–Crippen LogP) is 0.978. The van der Waals surface area contributed by atoms with E-state index in [9.17, 15) is 4.79 Å². The largest absolute Gasteiger partial charge is 0.396 e. The Morgan fingerprint density at radius 2 is 2.28 bits per heavy atom.